The van der Waals surface area contributed by atoms with Crippen LogP contribution in [-0.4, -0.2) is 60.1 Å². The third kappa shape index (κ3) is 4.92. The first-order valence-corrected chi connectivity index (χ1v) is 10.9. The Labute approximate surface area is 176 Å². The molecular formula is C22H30N4O4. The van der Waals surface area contributed by atoms with Gasteiger partial charge in [-0.15, -0.1) is 0 Å². The lowest BCUT2D eigenvalue weighted by Crippen LogP contribution is -2.62. The number of hydrogen-bond acceptors (Lipinski definition) is 4. The Kier molecular flexibility index (Phi) is 6.52. The van der Waals surface area contributed by atoms with Gasteiger partial charge in [0, 0.05) is 12.6 Å². The summed E-state index contributed by atoms with van der Waals surface area (Å²) in [6, 6.07) is 8.27. The van der Waals surface area contributed by atoms with Gasteiger partial charge in [0.2, 0.25) is 11.8 Å². The van der Waals surface area contributed by atoms with Gasteiger partial charge >= 0.3 is 6.03 Å². The number of carbonyl (C=O) groups is 3. The number of ether oxygens (including phenoxy) is 1. The van der Waals surface area contributed by atoms with E-state index in [2.05, 4.69) is 16.0 Å². The second-order valence-electron chi connectivity index (χ2n) is 8.45. The normalized spacial score (nSPS) is 26.8. The molecule has 0 radical (unpaired) electrons. The second-order valence-corrected chi connectivity index (χ2v) is 8.45. The number of carbonyl (C=O) groups excluding carboxylic acids is 3. The van der Waals surface area contributed by atoms with Gasteiger partial charge in [0.1, 0.15) is 12.1 Å². The van der Waals surface area contributed by atoms with E-state index >= 15 is 0 Å². The summed E-state index contributed by atoms with van der Waals surface area (Å²) < 4.78 is 5.66. The highest BCUT2D eigenvalue weighted by molar-refractivity contribution is 5.97. The predicted octanol–water partition coefficient (Wildman–Crippen LogP) is 1.30. The lowest BCUT2D eigenvalue weighted by Gasteiger charge is -2.34. The Morgan fingerprint density at radius 2 is 1.80 bits per heavy atom. The van der Waals surface area contributed by atoms with E-state index in [4.69, 9.17) is 4.74 Å². The van der Waals surface area contributed by atoms with Crippen LogP contribution < -0.4 is 16.0 Å². The van der Waals surface area contributed by atoms with Crippen molar-refractivity contribution < 1.29 is 19.1 Å². The molecule has 30 heavy (non-hydrogen) atoms. The van der Waals surface area contributed by atoms with Crippen molar-refractivity contribution in [3.63, 3.8) is 0 Å². The maximum Gasteiger partial charge on any atom is 0.315 e. The topological polar surface area (TPSA) is 99.8 Å². The summed E-state index contributed by atoms with van der Waals surface area (Å²) >= 11 is 0. The van der Waals surface area contributed by atoms with E-state index in [1.165, 1.54) is 6.42 Å². The Balaban J connectivity index is 1.26. The number of rotatable bonds is 6. The maximum atomic E-state index is 12.8. The molecule has 1 aromatic rings. The molecule has 3 aliphatic rings. The molecule has 4 rings (SSSR count). The van der Waals surface area contributed by atoms with Crippen LogP contribution in [0.4, 0.5) is 4.79 Å². The molecule has 1 saturated carbocycles. The van der Waals surface area contributed by atoms with E-state index in [9.17, 15) is 14.4 Å². The summed E-state index contributed by atoms with van der Waals surface area (Å²) in [5.74, 6) is -0.329. The van der Waals surface area contributed by atoms with Crippen LogP contribution in [0.3, 0.4) is 0 Å². The molecule has 0 aromatic heterocycles. The molecule has 1 aromatic carbocycles. The Morgan fingerprint density at radius 3 is 2.57 bits per heavy atom. The highest BCUT2D eigenvalue weighted by Crippen LogP contribution is 2.23. The number of benzene rings is 1. The summed E-state index contributed by atoms with van der Waals surface area (Å²) in [5, 5.41) is 8.76. The number of nitrogens with one attached hydrogen (secondary N) is 3. The van der Waals surface area contributed by atoms with Crippen LogP contribution in [0.15, 0.2) is 30.3 Å². The zero-order chi connectivity index (χ0) is 20.9. The largest absolute Gasteiger partial charge is 0.374 e. The van der Waals surface area contributed by atoms with Crippen molar-refractivity contribution in [3.05, 3.63) is 35.9 Å². The summed E-state index contributed by atoms with van der Waals surface area (Å²) in [4.78, 5) is 39.3. The minimum atomic E-state index is -0.688. The van der Waals surface area contributed by atoms with Crippen LogP contribution in [0.1, 0.15) is 44.1 Å². The van der Waals surface area contributed by atoms with Gasteiger partial charge in [0.25, 0.3) is 0 Å². The quantitative estimate of drug-likeness (QED) is 0.653. The van der Waals surface area contributed by atoms with Crippen LogP contribution in [0.25, 0.3) is 0 Å². The third-order valence-electron chi connectivity index (χ3n) is 6.17. The lowest BCUT2D eigenvalue weighted by molar-refractivity contribution is -0.148. The molecule has 3 atom stereocenters. The highest BCUT2D eigenvalue weighted by Gasteiger charge is 2.46. The van der Waals surface area contributed by atoms with E-state index in [1.54, 1.807) is 4.90 Å². The maximum absolute atomic E-state index is 12.8. The highest BCUT2D eigenvalue weighted by atomic mass is 16.5. The third-order valence-corrected chi connectivity index (χ3v) is 6.17. The molecule has 162 valence electrons. The van der Waals surface area contributed by atoms with Crippen molar-refractivity contribution in [1.29, 1.82) is 0 Å². The van der Waals surface area contributed by atoms with E-state index < -0.39 is 12.1 Å². The molecule has 8 nitrogen and oxygen atoms in total. The number of nitrogens with zero attached hydrogens (tertiary/aromatic N) is 1. The zero-order valence-electron chi connectivity index (χ0n) is 17.1. The first-order chi connectivity index (χ1) is 14.6. The molecule has 1 aliphatic carbocycles. The number of hydrogen-bond donors (Lipinski definition) is 3. The SMILES string of the molecule is O=C(NC1CCCCC1)N[C@H]1C[C@H]2C(=O)N[C@@H](COCc3ccccc3)C(=O)N2C1. The Hall–Kier alpha value is -2.61. The molecule has 8 heteroatoms. The number of amides is 4. The molecular weight excluding hydrogens is 384 g/mol. The molecule has 0 spiro atoms. The van der Waals surface area contributed by atoms with Crippen molar-refractivity contribution in [3.8, 4) is 0 Å². The minimum absolute atomic E-state index is 0.128. The molecule has 4 amide bonds. The van der Waals surface area contributed by atoms with Gasteiger partial charge in [-0.2, -0.15) is 0 Å². The van der Waals surface area contributed by atoms with Gasteiger partial charge in [0.15, 0.2) is 0 Å². The average molecular weight is 415 g/mol. The molecule has 0 unspecified atom stereocenters. The van der Waals surface area contributed by atoms with Crippen molar-refractivity contribution in [2.24, 2.45) is 0 Å². The van der Waals surface area contributed by atoms with Gasteiger partial charge in [0.05, 0.1) is 19.3 Å². The van der Waals surface area contributed by atoms with Crippen LogP contribution in [0, 0.1) is 0 Å². The first kappa shape index (κ1) is 20.7. The molecule has 2 saturated heterocycles. The summed E-state index contributed by atoms with van der Waals surface area (Å²) in [6.45, 7) is 0.864. The van der Waals surface area contributed by atoms with Crippen molar-refractivity contribution in [1.82, 2.24) is 20.9 Å². The van der Waals surface area contributed by atoms with Crippen molar-refractivity contribution in [2.75, 3.05) is 13.2 Å². The van der Waals surface area contributed by atoms with Crippen LogP contribution in [0.2, 0.25) is 0 Å². The molecule has 3 fully saturated rings. The second kappa shape index (κ2) is 9.47. The number of urea groups is 1. The molecule has 3 N–H and O–H groups in total. The first-order valence-electron chi connectivity index (χ1n) is 10.9. The minimum Gasteiger partial charge on any atom is -0.374 e. The standard InChI is InChI=1S/C22H30N4O4/c27-20-19-11-17(24-22(29)23-16-9-5-2-6-10-16)12-26(19)21(28)18(25-20)14-30-13-15-7-3-1-4-8-15/h1,3-4,7-8,16-19H,2,5-6,9-14H2,(H,25,27)(H2,23,24,29)/t17-,18-,19-/m0/s1. The van der Waals surface area contributed by atoms with E-state index in [0.717, 1.165) is 31.2 Å². The predicted molar refractivity (Wildman–Crippen MR) is 110 cm³/mol. The van der Waals surface area contributed by atoms with Crippen LogP contribution in [0.5, 0.6) is 0 Å². The fourth-order valence-electron chi connectivity index (χ4n) is 4.60. The Bertz CT molecular complexity index is 766. The average Bonchev–Trinajstić information content (AvgIpc) is 3.17. The summed E-state index contributed by atoms with van der Waals surface area (Å²) in [7, 11) is 0. The van der Waals surface area contributed by atoms with Gasteiger partial charge in [-0.25, -0.2) is 4.79 Å². The molecule has 2 heterocycles. The van der Waals surface area contributed by atoms with E-state index in [1.807, 2.05) is 30.3 Å². The van der Waals surface area contributed by atoms with Crippen molar-refractivity contribution in [2.45, 2.75) is 69.3 Å². The van der Waals surface area contributed by atoms with Crippen molar-refractivity contribution >= 4 is 17.8 Å². The van der Waals surface area contributed by atoms with E-state index in [0.29, 0.717) is 19.6 Å². The summed E-state index contributed by atoms with van der Waals surface area (Å²) in [6.07, 6.45) is 5.98. The fraction of sp³-hybridized carbons (Fsp3) is 0.591. The van der Waals surface area contributed by atoms with Crippen LogP contribution >= 0.6 is 0 Å². The fourth-order valence-corrected chi connectivity index (χ4v) is 4.60. The van der Waals surface area contributed by atoms with Gasteiger partial charge < -0.3 is 25.6 Å². The molecule has 2 aliphatic heterocycles. The number of fused-ring (bicyclic) bond motifs is 1. The lowest BCUT2D eigenvalue weighted by atomic mass is 9.96. The Morgan fingerprint density at radius 1 is 1.07 bits per heavy atom. The van der Waals surface area contributed by atoms with E-state index in [-0.39, 0.29) is 36.5 Å². The zero-order valence-corrected chi connectivity index (χ0v) is 17.1. The van der Waals surface area contributed by atoms with Gasteiger partial charge in [-0.3, -0.25) is 9.59 Å². The smallest absolute Gasteiger partial charge is 0.315 e. The van der Waals surface area contributed by atoms with Gasteiger partial charge in [-0.05, 0) is 24.8 Å². The molecule has 0 bridgehead atoms. The van der Waals surface area contributed by atoms with Gasteiger partial charge in [-0.1, -0.05) is 49.6 Å². The monoisotopic (exact) mass is 414 g/mol. The summed E-state index contributed by atoms with van der Waals surface area (Å²) in [5.41, 5.74) is 1.01. The number of piperazine rings is 1. The van der Waals surface area contributed by atoms with Crippen LogP contribution in [-0.2, 0) is 20.9 Å².